The van der Waals surface area contributed by atoms with E-state index in [0.717, 1.165) is 30.7 Å². The average molecular weight is 293 g/mol. The third kappa shape index (κ3) is 4.29. The summed E-state index contributed by atoms with van der Waals surface area (Å²) in [5, 5.41) is 11.9. The largest absolute Gasteiger partial charge is 0.423 e. The van der Waals surface area contributed by atoms with Crippen LogP contribution in [0.1, 0.15) is 90.5 Å². The molecule has 0 aliphatic heterocycles. The summed E-state index contributed by atoms with van der Waals surface area (Å²) >= 11 is 0. The topological polar surface area (TPSA) is 51.0 Å². The van der Waals surface area contributed by atoms with Crippen LogP contribution in [0.25, 0.3) is 0 Å². The second kappa shape index (κ2) is 6.91. The maximum Gasteiger partial charge on any atom is 0.233 e. The lowest BCUT2D eigenvalue weighted by molar-refractivity contribution is 0.161. The van der Waals surface area contributed by atoms with E-state index in [9.17, 15) is 0 Å². The first-order valence-corrected chi connectivity index (χ1v) is 8.48. The molecular formula is C17H31N3O. The second-order valence-electron chi connectivity index (χ2n) is 7.57. The van der Waals surface area contributed by atoms with Crippen LogP contribution in [0.2, 0.25) is 0 Å². The van der Waals surface area contributed by atoms with Crippen molar-refractivity contribution in [3.05, 3.63) is 11.8 Å². The van der Waals surface area contributed by atoms with Crippen LogP contribution >= 0.6 is 0 Å². The van der Waals surface area contributed by atoms with Gasteiger partial charge in [0.15, 0.2) is 0 Å². The van der Waals surface area contributed by atoms with Gasteiger partial charge in [-0.15, -0.1) is 10.2 Å². The Kier molecular flexibility index (Phi) is 5.42. The summed E-state index contributed by atoms with van der Waals surface area (Å²) in [5.74, 6) is 2.86. The van der Waals surface area contributed by atoms with Crippen molar-refractivity contribution in [2.24, 2.45) is 11.3 Å². The highest BCUT2D eigenvalue weighted by atomic mass is 16.4. The predicted molar refractivity (Wildman–Crippen MR) is 85.2 cm³/mol. The molecule has 2 rings (SSSR count). The smallest absolute Gasteiger partial charge is 0.233 e. The molecule has 1 atom stereocenters. The van der Waals surface area contributed by atoms with Gasteiger partial charge in [-0.3, -0.25) is 0 Å². The van der Waals surface area contributed by atoms with Crippen LogP contribution in [0, 0.1) is 11.3 Å². The van der Waals surface area contributed by atoms with E-state index in [0.29, 0.717) is 11.3 Å². The Hall–Kier alpha value is -0.900. The summed E-state index contributed by atoms with van der Waals surface area (Å²) < 4.78 is 5.92. The molecule has 4 nitrogen and oxygen atoms in total. The molecule has 1 fully saturated rings. The zero-order valence-corrected chi connectivity index (χ0v) is 14.3. The van der Waals surface area contributed by atoms with E-state index < -0.39 is 0 Å². The Bertz CT molecular complexity index is 427. The maximum atomic E-state index is 5.92. The lowest BCUT2D eigenvalue weighted by atomic mass is 9.70. The lowest BCUT2D eigenvalue weighted by Crippen LogP contribution is -2.25. The molecule has 1 aromatic heterocycles. The third-order valence-electron chi connectivity index (χ3n) is 4.83. The van der Waals surface area contributed by atoms with E-state index in [1.165, 1.54) is 25.7 Å². The van der Waals surface area contributed by atoms with E-state index in [1.807, 2.05) is 0 Å². The van der Waals surface area contributed by atoms with Gasteiger partial charge in [0, 0.05) is 5.92 Å². The molecule has 0 amide bonds. The fraction of sp³-hybridized carbons (Fsp3) is 0.882. The molecule has 1 aliphatic carbocycles. The molecule has 0 saturated heterocycles. The first-order valence-electron chi connectivity index (χ1n) is 8.48. The number of rotatable bonds is 5. The van der Waals surface area contributed by atoms with Gasteiger partial charge in [-0.1, -0.05) is 27.7 Å². The molecule has 4 heteroatoms. The van der Waals surface area contributed by atoms with Gasteiger partial charge in [-0.2, -0.15) is 0 Å². The Labute approximate surface area is 129 Å². The van der Waals surface area contributed by atoms with Gasteiger partial charge in [0.1, 0.15) is 0 Å². The number of nitrogens with zero attached hydrogens (tertiary/aromatic N) is 2. The van der Waals surface area contributed by atoms with Crippen LogP contribution in [-0.4, -0.2) is 16.7 Å². The molecular weight excluding hydrogens is 262 g/mol. The molecule has 120 valence electrons. The van der Waals surface area contributed by atoms with E-state index in [4.69, 9.17) is 4.42 Å². The minimum Gasteiger partial charge on any atom is -0.423 e. The summed E-state index contributed by atoms with van der Waals surface area (Å²) in [4.78, 5) is 0. The Balaban J connectivity index is 1.91. The van der Waals surface area contributed by atoms with Crippen molar-refractivity contribution in [3.8, 4) is 0 Å². The lowest BCUT2D eigenvalue weighted by Gasteiger charge is -2.36. The molecule has 1 saturated carbocycles. The van der Waals surface area contributed by atoms with Crippen molar-refractivity contribution in [3.63, 3.8) is 0 Å². The van der Waals surface area contributed by atoms with Crippen molar-refractivity contribution < 1.29 is 4.42 Å². The summed E-state index contributed by atoms with van der Waals surface area (Å²) in [5.41, 5.74) is 0.420. The summed E-state index contributed by atoms with van der Waals surface area (Å²) in [6.45, 7) is 12.3. The van der Waals surface area contributed by atoms with E-state index in [2.05, 4.69) is 50.1 Å². The molecule has 1 heterocycles. The van der Waals surface area contributed by atoms with Crippen molar-refractivity contribution in [1.82, 2.24) is 15.5 Å². The highest BCUT2D eigenvalue weighted by Crippen LogP contribution is 2.42. The normalized spacial score (nSPS) is 25.0. The number of hydrogen-bond acceptors (Lipinski definition) is 4. The Morgan fingerprint density at radius 2 is 1.86 bits per heavy atom. The molecule has 0 spiro atoms. The zero-order valence-electron chi connectivity index (χ0n) is 14.3. The molecule has 0 radical (unpaired) electrons. The Morgan fingerprint density at radius 1 is 1.19 bits per heavy atom. The van der Waals surface area contributed by atoms with Gasteiger partial charge in [0.05, 0.1) is 6.04 Å². The third-order valence-corrected chi connectivity index (χ3v) is 4.83. The van der Waals surface area contributed by atoms with Gasteiger partial charge in [-0.05, 0) is 56.9 Å². The zero-order chi connectivity index (χ0) is 15.5. The highest BCUT2D eigenvalue weighted by Gasteiger charge is 2.32. The van der Waals surface area contributed by atoms with E-state index >= 15 is 0 Å². The van der Waals surface area contributed by atoms with Crippen molar-refractivity contribution in [2.75, 3.05) is 6.54 Å². The van der Waals surface area contributed by atoms with Crippen molar-refractivity contribution >= 4 is 0 Å². The van der Waals surface area contributed by atoms with Crippen molar-refractivity contribution in [2.45, 2.75) is 78.7 Å². The van der Waals surface area contributed by atoms with Crippen LogP contribution in [-0.2, 0) is 0 Å². The van der Waals surface area contributed by atoms with Crippen LogP contribution in [0.5, 0.6) is 0 Å². The standard InChI is InChI=1S/C17H31N3O/c1-6-11-18-12(2)15-19-20-16(21-15)13-7-9-14(10-8-13)17(3,4)5/h12-14,18H,6-11H2,1-5H3. The fourth-order valence-electron chi connectivity index (χ4n) is 3.24. The van der Waals surface area contributed by atoms with Crippen LogP contribution in [0.4, 0.5) is 0 Å². The fourth-order valence-corrected chi connectivity index (χ4v) is 3.24. The number of aromatic nitrogens is 2. The minimum absolute atomic E-state index is 0.150. The van der Waals surface area contributed by atoms with Gasteiger partial charge in [0.2, 0.25) is 11.8 Å². The van der Waals surface area contributed by atoms with Crippen LogP contribution in [0.15, 0.2) is 4.42 Å². The highest BCUT2D eigenvalue weighted by molar-refractivity contribution is 4.97. The van der Waals surface area contributed by atoms with Crippen LogP contribution < -0.4 is 5.32 Å². The monoisotopic (exact) mass is 293 g/mol. The van der Waals surface area contributed by atoms with Gasteiger partial charge in [-0.25, -0.2) is 0 Å². The minimum atomic E-state index is 0.150. The first-order chi connectivity index (χ1) is 9.91. The molecule has 0 bridgehead atoms. The Morgan fingerprint density at radius 3 is 2.43 bits per heavy atom. The van der Waals surface area contributed by atoms with E-state index in [-0.39, 0.29) is 6.04 Å². The average Bonchev–Trinajstić information content (AvgIpc) is 2.94. The van der Waals surface area contributed by atoms with Crippen molar-refractivity contribution in [1.29, 1.82) is 0 Å². The quantitative estimate of drug-likeness (QED) is 0.871. The molecule has 0 aromatic carbocycles. The first kappa shape index (κ1) is 16.5. The molecule has 1 unspecified atom stereocenters. The number of hydrogen-bond donors (Lipinski definition) is 1. The predicted octanol–water partition coefficient (Wildman–Crippen LogP) is 4.45. The summed E-state index contributed by atoms with van der Waals surface area (Å²) in [6, 6.07) is 0.150. The van der Waals surface area contributed by atoms with Gasteiger partial charge < -0.3 is 9.73 Å². The molecule has 21 heavy (non-hydrogen) atoms. The number of nitrogens with one attached hydrogen (secondary N) is 1. The SMILES string of the molecule is CCCNC(C)c1nnc(C2CCC(C(C)(C)C)CC2)o1. The van der Waals surface area contributed by atoms with Gasteiger partial charge in [0.25, 0.3) is 0 Å². The maximum absolute atomic E-state index is 5.92. The summed E-state index contributed by atoms with van der Waals surface area (Å²) in [7, 11) is 0. The second-order valence-corrected chi connectivity index (χ2v) is 7.57. The summed E-state index contributed by atoms with van der Waals surface area (Å²) in [6.07, 6.45) is 6.02. The molecule has 1 N–H and O–H groups in total. The van der Waals surface area contributed by atoms with E-state index in [1.54, 1.807) is 0 Å². The van der Waals surface area contributed by atoms with Gasteiger partial charge >= 0.3 is 0 Å². The molecule has 1 aromatic rings. The van der Waals surface area contributed by atoms with Crippen LogP contribution in [0.3, 0.4) is 0 Å². The molecule has 1 aliphatic rings.